The molecule has 17 heavy (non-hydrogen) atoms. The summed E-state index contributed by atoms with van der Waals surface area (Å²) in [6.45, 7) is 7.27. The average Bonchev–Trinajstić information content (AvgIpc) is 2.31. The number of ether oxygens (including phenoxy) is 1. The van der Waals surface area contributed by atoms with E-state index in [0.29, 0.717) is 0 Å². The van der Waals surface area contributed by atoms with Crippen molar-refractivity contribution in [1.82, 2.24) is 5.32 Å². The molecule has 2 nitrogen and oxygen atoms in total. The molecule has 2 atom stereocenters. The van der Waals surface area contributed by atoms with Crippen LogP contribution in [0.4, 0.5) is 0 Å². The third-order valence-electron chi connectivity index (χ3n) is 2.66. The van der Waals surface area contributed by atoms with Gasteiger partial charge in [-0.15, -0.1) is 0 Å². The van der Waals surface area contributed by atoms with Crippen LogP contribution in [0.25, 0.3) is 0 Å². The molecule has 1 aromatic carbocycles. The van der Waals surface area contributed by atoms with Crippen molar-refractivity contribution in [2.45, 2.75) is 32.9 Å². The van der Waals surface area contributed by atoms with E-state index < -0.39 is 0 Å². The summed E-state index contributed by atoms with van der Waals surface area (Å²) in [6, 6.07) is 10.6. The first-order valence-electron chi connectivity index (χ1n) is 6.15. The topological polar surface area (TPSA) is 21.3 Å². The van der Waals surface area contributed by atoms with Crippen LogP contribution < -0.4 is 5.32 Å². The number of nitrogens with one attached hydrogen (secondary N) is 1. The molecule has 0 saturated heterocycles. The Morgan fingerprint density at radius 3 is 2.41 bits per heavy atom. The van der Waals surface area contributed by atoms with Crippen molar-refractivity contribution in [3.63, 3.8) is 0 Å². The van der Waals surface area contributed by atoms with Crippen LogP contribution in [0.1, 0.15) is 32.4 Å². The molecule has 0 saturated carbocycles. The first kappa shape index (κ1) is 13.9. The van der Waals surface area contributed by atoms with Crippen LogP contribution in [0.15, 0.2) is 42.0 Å². The highest BCUT2D eigenvalue weighted by Crippen LogP contribution is 2.22. The molecule has 2 heteroatoms. The molecule has 0 spiro atoms. The maximum atomic E-state index is 5.64. The lowest BCUT2D eigenvalue weighted by Crippen LogP contribution is -2.34. The smallest absolute Gasteiger partial charge is 0.101 e. The number of benzene rings is 1. The second kappa shape index (κ2) is 7.25. The van der Waals surface area contributed by atoms with Gasteiger partial charge in [-0.1, -0.05) is 48.9 Å². The third-order valence-corrected chi connectivity index (χ3v) is 2.66. The van der Waals surface area contributed by atoms with Gasteiger partial charge in [0.2, 0.25) is 0 Å². The summed E-state index contributed by atoms with van der Waals surface area (Å²) in [4.78, 5) is 0. The lowest BCUT2D eigenvalue weighted by Gasteiger charge is -2.25. The van der Waals surface area contributed by atoms with Gasteiger partial charge in [-0.2, -0.15) is 0 Å². The van der Waals surface area contributed by atoms with E-state index in [-0.39, 0.29) is 12.1 Å². The van der Waals surface area contributed by atoms with Crippen LogP contribution in [-0.4, -0.2) is 19.7 Å². The number of likely N-dealkylation sites (N-methyl/N-ethyl adjacent to an activating group) is 1. The fourth-order valence-corrected chi connectivity index (χ4v) is 1.98. The molecule has 94 valence electrons. The second-order valence-corrected chi connectivity index (χ2v) is 4.39. The fourth-order valence-electron chi connectivity index (χ4n) is 1.98. The molecule has 0 aliphatic rings. The number of allylic oxidation sites excluding steroid dienone is 1. The lowest BCUT2D eigenvalue weighted by atomic mass is 10.0. The summed E-state index contributed by atoms with van der Waals surface area (Å²) >= 11 is 0. The molecule has 2 unspecified atom stereocenters. The van der Waals surface area contributed by atoms with Crippen LogP contribution in [0.2, 0.25) is 0 Å². The number of hydrogen-bond acceptors (Lipinski definition) is 2. The van der Waals surface area contributed by atoms with Crippen molar-refractivity contribution >= 4 is 0 Å². The Hall–Kier alpha value is -1.12. The summed E-state index contributed by atoms with van der Waals surface area (Å²) < 4.78 is 5.64. The zero-order valence-electron chi connectivity index (χ0n) is 11.2. The molecular formula is C15H23NO. The van der Waals surface area contributed by atoms with Crippen molar-refractivity contribution in [2.75, 3.05) is 13.7 Å². The Morgan fingerprint density at radius 2 is 1.94 bits per heavy atom. The normalized spacial score (nSPS) is 14.1. The van der Waals surface area contributed by atoms with E-state index in [2.05, 4.69) is 44.3 Å². The van der Waals surface area contributed by atoms with Gasteiger partial charge in [0.1, 0.15) is 6.10 Å². The van der Waals surface area contributed by atoms with Crippen molar-refractivity contribution in [1.29, 1.82) is 0 Å². The fraction of sp³-hybridized carbons (Fsp3) is 0.467. The lowest BCUT2D eigenvalue weighted by molar-refractivity contribution is 0.0822. The van der Waals surface area contributed by atoms with E-state index in [1.165, 1.54) is 11.1 Å². The van der Waals surface area contributed by atoms with Crippen LogP contribution in [0.5, 0.6) is 0 Å². The second-order valence-electron chi connectivity index (χ2n) is 4.39. The zero-order chi connectivity index (χ0) is 12.7. The van der Waals surface area contributed by atoms with Crippen LogP contribution in [0, 0.1) is 0 Å². The molecule has 0 aliphatic heterocycles. The summed E-state index contributed by atoms with van der Waals surface area (Å²) in [5, 5.41) is 3.46. The van der Waals surface area contributed by atoms with Crippen molar-refractivity contribution in [3.05, 3.63) is 47.5 Å². The molecule has 0 heterocycles. The molecule has 1 rings (SSSR count). The first-order chi connectivity index (χ1) is 8.19. The van der Waals surface area contributed by atoms with E-state index in [1.807, 2.05) is 18.2 Å². The maximum absolute atomic E-state index is 5.64. The molecule has 1 N–H and O–H groups in total. The minimum Gasteiger partial charge on any atom is -0.375 e. The molecule has 1 aromatic rings. The van der Waals surface area contributed by atoms with E-state index in [1.54, 1.807) is 7.11 Å². The van der Waals surface area contributed by atoms with Gasteiger partial charge in [-0.05, 0) is 26.0 Å². The SMILES string of the molecule is CCNC(C=C(C)C)C(OC)c1ccccc1. The summed E-state index contributed by atoms with van der Waals surface area (Å²) in [7, 11) is 1.76. The first-order valence-corrected chi connectivity index (χ1v) is 6.15. The van der Waals surface area contributed by atoms with Crippen molar-refractivity contribution in [3.8, 4) is 0 Å². The van der Waals surface area contributed by atoms with Gasteiger partial charge >= 0.3 is 0 Å². The third kappa shape index (κ3) is 4.33. The van der Waals surface area contributed by atoms with Gasteiger partial charge in [-0.3, -0.25) is 0 Å². The zero-order valence-corrected chi connectivity index (χ0v) is 11.2. The number of methoxy groups -OCH3 is 1. The highest BCUT2D eigenvalue weighted by molar-refractivity contribution is 5.22. The Kier molecular flexibility index (Phi) is 5.95. The predicted octanol–water partition coefficient (Wildman–Crippen LogP) is 3.32. The standard InChI is InChI=1S/C15H23NO/c1-5-16-14(11-12(2)3)15(17-4)13-9-7-6-8-10-13/h6-11,14-16H,5H2,1-4H3. The van der Waals surface area contributed by atoms with E-state index >= 15 is 0 Å². The molecular weight excluding hydrogens is 210 g/mol. The minimum absolute atomic E-state index is 0.0612. The highest BCUT2D eigenvalue weighted by atomic mass is 16.5. The minimum atomic E-state index is 0.0612. The van der Waals surface area contributed by atoms with Gasteiger partial charge in [0, 0.05) is 7.11 Å². The van der Waals surface area contributed by atoms with Crippen LogP contribution in [0.3, 0.4) is 0 Å². The quantitative estimate of drug-likeness (QED) is 0.761. The van der Waals surface area contributed by atoms with Crippen molar-refractivity contribution in [2.24, 2.45) is 0 Å². The summed E-state index contributed by atoms with van der Waals surface area (Å²) in [5.41, 5.74) is 2.51. The van der Waals surface area contributed by atoms with E-state index in [9.17, 15) is 0 Å². The highest BCUT2D eigenvalue weighted by Gasteiger charge is 2.19. The van der Waals surface area contributed by atoms with Crippen molar-refractivity contribution < 1.29 is 4.74 Å². The molecule has 0 fully saturated rings. The van der Waals surface area contributed by atoms with Gasteiger partial charge in [0.25, 0.3) is 0 Å². The Balaban J connectivity index is 2.93. The number of hydrogen-bond donors (Lipinski definition) is 1. The summed E-state index contributed by atoms with van der Waals surface area (Å²) in [6.07, 6.45) is 2.29. The Labute approximate surface area is 105 Å². The molecule has 0 aromatic heterocycles. The molecule has 0 bridgehead atoms. The number of rotatable bonds is 6. The predicted molar refractivity (Wildman–Crippen MR) is 73.1 cm³/mol. The average molecular weight is 233 g/mol. The van der Waals surface area contributed by atoms with Gasteiger partial charge in [0.15, 0.2) is 0 Å². The monoisotopic (exact) mass is 233 g/mol. The van der Waals surface area contributed by atoms with Gasteiger partial charge in [-0.25, -0.2) is 0 Å². The summed E-state index contributed by atoms with van der Waals surface area (Å²) in [5.74, 6) is 0. The Bertz CT molecular complexity index is 341. The molecule has 0 aliphatic carbocycles. The van der Waals surface area contributed by atoms with E-state index in [0.717, 1.165) is 6.54 Å². The van der Waals surface area contributed by atoms with Crippen LogP contribution >= 0.6 is 0 Å². The molecule has 0 amide bonds. The van der Waals surface area contributed by atoms with Crippen LogP contribution in [-0.2, 0) is 4.74 Å². The Morgan fingerprint density at radius 1 is 1.29 bits per heavy atom. The van der Waals surface area contributed by atoms with Gasteiger partial charge in [0.05, 0.1) is 6.04 Å². The largest absolute Gasteiger partial charge is 0.375 e. The molecule has 0 radical (unpaired) electrons. The van der Waals surface area contributed by atoms with Gasteiger partial charge < -0.3 is 10.1 Å². The maximum Gasteiger partial charge on any atom is 0.101 e. The van der Waals surface area contributed by atoms with E-state index in [4.69, 9.17) is 4.74 Å².